The number of aryl methyl sites for hydroxylation is 1. The zero-order valence-corrected chi connectivity index (χ0v) is 16.6. The van der Waals surface area contributed by atoms with E-state index in [0.717, 1.165) is 25.1 Å². The van der Waals surface area contributed by atoms with Crippen LogP contribution in [0.15, 0.2) is 47.3 Å². The Labute approximate surface area is 169 Å². The van der Waals surface area contributed by atoms with Gasteiger partial charge in [0.15, 0.2) is 0 Å². The first-order chi connectivity index (χ1) is 14.0. The maximum Gasteiger partial charge on any atom is 0.251 e. The third kappa shape index (κ3) is 3.02. The van der Waals surface area contributed by atoms with Crippen molar-refractivity contribution in [2.24, 2.45) is 5.92 Å². The molecule has 0 aliphatic carbocycles. The number of fused-ring (bicyclic) bond motifs is 4. The normalized spacial score (nSPS) is 26.7. The van der Waals surface area contributed by atoms with E-state index in [1.165, 1.54) is 10.5 Å². The van der Waals surface area contributed by atoms with Gasteiger partial charge in [-0.25, -0.2) is 4.90 Å². The van der Waals surface area contributed by atoms with Crippen LogP contribution in [0.3, 0.4) is 0 Å². The van der Waals surface area contributed by atoms with Crippen molar-refractivity contribution in [2.45, 2.75) is 44.7 Å². The molecule has 2 amide bonds. The summed E-state index contributed by atoms with van der Waals surface area (Å²) in [4.78, 5) is 41.7. The Kier molecular flexibility index (Phi) is 4.39. The average Bonchev–Trinajstić information content (AvgIpc) is 3.03. The van der Waals surface area contributed by atoms with Crippen LogP contribution in [0, 0.1) is 5.92 Å². The summed E-state index contributed by atoms with van der Waals surface area (Å²) in [6.07, 6.45) is 2.19. The van der Waals surface area contributed by atoms with Crippen molar-refractivity contribution in [3.63, 3.8) is 0 Å². The largest absolute Gasteiger partial charge is 0.312 e. The number of piperidine rings is 1. The average molecular weight is 391 g/mol. The second kappa shape index (κ2) is 6.95. The zero-order chi connectivity index (χ0) is 20.1. The molecule has 6 nitrogen and oxygen atoms in total. The number of imide groups is 1. The van der Waals surface area contributed by atoms with Gasteiger partial charge < -0.3 is 4.57 Å². The third-order valence-electron chi connectivity index (χ3n) is 6.67. The highest BCUT2D eigenvalue weighted by molar-refractivity contribution is 6.22. The molecular formula is C23H25N3O3. The highest BCUT2D eigenvalue weighted by Crippen LogP contribution is 2.37. The standard InChI is InChI=1S/C23H25N3O3/c1-2-15-6-8-18(9-7-15)26-22(28)11-20(23(26)29)24-12-16-10-17(14-24)19-4-3-5-21(27)25(19)13-16/h3-9,16-17,20H,2,10-14H2,1H3/t16-,17-,20-/m0/s1. The van der Waals surface area contributed by atoms with Gasteiger partial charge in [-0.05, 0) is 42.5 Å². The summed E-state index contributed by atoms with van der Waals surface area (Å²) in [5, 5.41) is 0. The molecule has 3 atom stereocenters. The van der Waals surface area contributed by atoms with Gasteiger partial charge in [0, 0.05) is 37.3 Å². The van der Waals surface area contributed by atoms with Crippen LogP contribution >= 0.6 is 0 Å². The van der Waals surface area contributed by atoms with Gasteiger partial charge in [0.2, 0.25) is 5.91 Å². The maximum atomic E-state index is 13.2. The van der Waals surface area contributed by atoms with E-state index in [4.69, 9.17) is 0 Å². The fraction of sp³-hybridized carbons (Fsp3) is 0.435. The van der Waals surface area contributed by atoms with Crippen molar-refractivity contribution in [1.29, 1.82) is 0 Å². The summed E-state index contributed by atoms with van der Waals surface area (Å²) < 4.78 is 1.89. The van der Waals surface area contributed by atoms with Crippen LogP contribution < -0.4 is 10.5 Å². The SMILES string of the molecule is CCc1ccc(N2C(=O)C[C@H](N3C[C@@H]4C[C@@H](C3)c3cccc(=O)n3C4)C2=O)cc1. The van der Waals surface area contributed by atoms with Crippen molar-refractivity contribution in [3.05, 3.63) is 64.1 Å². The quantitative estimate of drug-likeness (QED) is 0.753. The van der Waals surface area contributed by atoms with Gasteiger partial charge in [-0.1, -0.05) is 25.1 Å². The Balaban J connectivity index is 1.39. The Hall–Kier alpha value is -2.73. The van der Waals surface area contributed by atoms with Gasteiger partial charge in [0.25, 0.3) is 11.5 Å². The number of pyridine rings is 1. The first-order valence-corrected chi connectivity index (χ1v) is 10.4. The molecule has 0 saturated carbocycles. The second-order valence-corrected chi connectivity index (χ2v) is 8.46. The molecule has 3 aliphatic rings. The summed E-state index contributed by atoms with van der Waals surface area (Å²) in [5.41, 5.74) is 2.96. The van der Waals surface area contributed by atoms with Gasteiger partial charge in [0.05, 0.1) is 18.2 Å². The molecule has 6 heteroatoms. The number of amides is 2. The topological polar surface area (TPSA) is 62.6 Å². The summed E-state index contributed by atoms with van der Waals surface area (Å²) in [6.45, 7) is 4.24. The van der Waals surface area contributed by atoms with Crippen molar-refractivity contribution >= 4 is 17.5 Å². The first-order valence-electron chi connectivity index (χ1n) is 10.4. The minimum Gasteiger partial charge on any atom is -0.312 e. The fourth-order valence-electron chi connectivity index (χ4n) is 5.24. The first kappa shape index (κ1) is 18.3. The molecule has 29 heavy (non-hydrogen) atoms. The monoisotopic (exact) mass is 391 g/mol. The number of carbonyl (C=O) groups is 2. The molecule has 0 unspecified atom stereocenters. The summed E-state index contributed by atoms with van der Waals surface area (Å²) in [7, 11) is 0. The number of nitrogens with zero attached hydrogens (tertiary/aromatic N) is 3. The third-order valence-corrected chi connectivity index (χ3v) is 6.67. The van der Waals surface area contributed by atoms with Crippen LogP contribution in [-0.4, -0.2) is 40.4 Å². The maximum absolute atomic E-state index is 13.2. The molecule has 2 aromatic rings. The highest BCUT2D eigenvalue weighted by Gasteiger charge is 2.46. The van der Waals surface area contributed by atoms with Crippen LogP contribution in [0.5, 0.6) is 0 Å². The molecule has 0 radical (unpaired) electrons. The van der Waals surface area contributed by atoms with E-state index in [2.05, 4.69) is 11.8 Å². The lowest BCUT2D eigenvalue weighted by Crippen LogP contribution is -2.52. The lowest BCUT2D eigenvalue weighted by Gasteiger charge is -2.44. The van der Waals surface area contributed by atoms with Crippen molar-refractivity contribution in [1.82, 2.24) is 9.47 Å². The highest BCUT2D eigenvalue weighted by atomic mass is 16.2. The Morgan fingerprint density at radius 3 is 2.52 bits per heavy atom. The molecule has 3 aliphatic heterocycles. The van der Waals surface area contributed by atoms with Crippen LogP contribution in [0.1, 0.15) is 36.9 Å². The Morgan fingerprint density at radius 1 is 0.966 bits per heavy atom. The van der Waals surface area contributed by atoms with Crippen LogP contribution in [0.2, 0.25) is 0 Å². The zero-order valence-electron chi connectivity index (χ0n) is 16.6. The molecule has 5 rings (SSSR count). The lowest BCUT2D eigenvalue weighted by atomic mass is 9.82. The number of rotatable bonds is 3. The van der Waals surface area contributed by atoms with Gasteiger partial charge >= 0.3 is 0 Å². The Bertz CT molecular complexity index is 1030. The molecule has 0 N–H and O–H groups in total. The van der Waals surface area contributed by atoms with E-state index in [1.807, 2.05) is 41.0 Å². The molecule has 2 bridgehead atoms. The molecule has 150 valence electrons. The second-order valence-electron chi connectivity index (χ2n) is 8.46. The Morgan fingerprint density at radius 2 is 1.76 bits per heavy atom. The molecule has 2 saturated heterocycles. The molecule has 1 aromatic carbocycles. The summed E-state index contributed by atoms with van der Waals surface area (Å²) in [6, 6.07) is 12.7. The predicted octanol–water partition coefficient (Wildman–Crippen LogP) is 2.16. The van der Waals surface area contributed by atoms with E-state index < -0.39 is 6.04 Å². The predicted molar refractivity (Wildman–Crippen MR) is 110 cm³/mol. The van der Waals surface area contributed by atoms with E-state index in [9.17, 15) is 14.4 Å². The van der Waals surface area contributed by atoms with Crippen molar-refractivity contribution < 1.29 is 9.59 Å². The molecule has 2 fully saturated rings. The molecule has 4 heterocycles. The molecule has 1 aromatic heterocycles. The molecular weight excluding hydrogens is 366 g/mol. The van der Waals surface area contributed by atoms with Gasteiger partial charge in [-0.15, -0.1) is 0 Å². The minimum atomic E-state index is -0.402. The van der Waals surface area contributed by atoms with Gasteiger partial charge in [0.1, 0.15) is 0 Å². The van der Waals surface area contributed by atoms with Gasteiger partial charge in [-0.3, -0.25) is 19.3 Å². The lowest BCUT2D eigenvalue weighted by molar-refractivity contribution is -0.123. The summed E-state index contributed by atoms with van der Waals surface area (Å²) in [5.74, 6) is 0.320. The summed E-state index contributed by atoms with van der Waals surface area (Å²) >= 11 is 0. The van der Waals surface area contributed by atoms with Crippen LogP contribution in [-0.2, 0) is 22.6 Å². The fourth-order valence-corrected chi connectivity index (χ4v) is 5.24. The number of benzene rings is 1. The number of hydrogen-bond acceptors (Lipinski definition) is 4. The van der Waals surface area contributed by atoms with E-state index in [-0.39, 0.29) is 29.7 Å². The van der Waals surface area contributed by atoms with Crippen LogP contribution in [0.25, 0.3) is 0 Å². The van der Waals surface area contributed by atoms with Crippen molar-refractivity contribution in [2.75, 3.05) is 18.0 Å². The number of anilines is 1. The number of likely N-dealkylation sites (tertiary alicyclic amines) is 1. The smallest absolute Gasteiger partial charge is 0.251 e. The molecule has 0 spiro atoms. The number of carbonyl (C=O) groups excluding carboxylic acids is 2. The van der Waals surface area contributed by atoms with E-state index in [1.54, 1.807) is 6.07 Å². The van der Waals surface area contributed by atoms with E-state index in [0.29, 0.717) is 24.7 Å². The van der Waals surface area contributed by atoms with Gasteiger partial charge in [-0.2, -0.15) is 0 Å². The number of aromatic nitrogens is 1. The van der Waals surface area contributed by atoms with Crippen LogP contribution in [0.4, 0.5) is 5.69 Å². The minimum absolute atomic E-state index is 0.0551. The van der Waals surface area contributed by atoms with Crippen molar-refractivity contribution in [3.8, 4) is 0 Å². The number of hydrogen-bond donors (Lipinski definition) is 0. The van der Waals surface area contributed by atoms with E-state index >= 15 is 0 Å².